The van der Waals surface area contributed by atoms with E-state index in [9.17, 15) is 9.59 Å². The molecule has 1 fully saturated rings. The molecule has 2 aliphatic heterocycles. The summed E-state index contributed by atoms with van der Waals surface area (Å²) in [6.45, 7) is 3.22. The van der Waals surface area contributed by atoms with Crippen LogP contribution in [0.1, 0.15) is 20.7 Å². The van der Waals surface area contributed by atoms with Gasteiger partial charge in [0.1, 0.15) is 0 Å². The maximum absolute atomic E-state index is 12.1. The molecule has 2 aliphatic rings. The Morgan fingerprint density at radius 2 is 1.65 bits per heavy atom. The van der Waals surface area contributed by atoms with Crippen LogP contribution in [0.2, 0.25) is 0 Å². The van der Waals surface area contributed by atoms with Crippen molar-refractivity contribution in [1.82, 2.24) is 10.2 Å². The van der Waals surface area contributed by atoms with Crippen molar-refractivity contribution in [2.24, 2.45) is 0 Å². The van der Waals surface area contributed by atoms with Crippen molar-refractivity contribution < 1.29 is 9.59 Å². The van der Waals surface area contributed by atoms with E-state index in [-0.39, 0.29) is 11.8 Å². The molecule has 0 radical (unpaired) electrons. The molecule has 23 heavy (non-hydrogen) atoms. The number of carbonyl (C=O) groups excluding carboxylic acids is 2. The number of nitrogens with one attached hydrogen (secondary N) is 2. The van der Waals surface area contributed by atoms with E-state index in [4.69, 9.17) is 5.41 Å². The normalized spacial score (nSPS) is 17.4. The topological polar surface area (TPSA) is 76.5 Å². The molecular weight excluding hydrogens is 292 g/mol. The smallest absolute Gasteiger partial charge is 0.258 e. The minimum absolute atomic E-state index is 0.334. The van der Waals surface area contributed by atoms with Gasteiger partial charge in [-0.2, -0.15) is 0 Å². The summed E-state index contributed by atoms with van der Waals surface area (Å²) in [7, 11) is 0. The number of nitrogens with zero attached hydrogens (tertiary/aromatic N) is 2. The van der Waals surface area contributed by atoms with Gasteiger partial charge in [-0.3, -0.25) is 20.3 Å². The summed E-state index contributed by atoms with van der Waals surface area (Å²) in [5, 5.41) is 11.4. The lowest BCUT2D eigenvalue weighted by Crippen LogP contribution is -2.45. The molecule has 2 N–H and O–H groups in total. The van der Waals surface area contributed by atoms with Gasteiger partial charge in [-0.05, 0) is 18.2 Å². The second-order valence-corrected chi connectivity index (χ2v) is 5.80. The van der Waals surface area contributed by atoms with Crippen molar-refractivity contribution in [2.45, 2.75) is 0 Å². The summed E-state index contributed by atoms with van der Waals surface area (Å²) >= 11 is 0. The molecule has 0 aliphatic carbocycles. The average molecular weight is 308 g/mol. The number of amides is 2. The van der Waals surface area contributed by atoms with Gasteiger partial charge in [0.2, 0.25) is 0 Å². The first-order valence-corrected chi connectivity index (χ1v) is 7.60. The Morgan fingerprint density at radius 1 is 0.957 bits per heavy atom. The van der Waals surface area contributed by atoms with Crippen LogP contribution in [0, 0.1) is 5.41 Å². The predicted octanol–water partition coefficient (Wildman–Crippen LogP) is 1.45. The number of rotatable bonds is 2. The van der Waals surface area contributed by atoms with Crippen LogP contribution in [0.5, 0.6) is 0 Å². The number of carbonyl (C=O) groups is 2. The van der Waals surface area contributed by atoms with Gasteiger partial charge in [-0.15, -0.1) is 0 Å². The van der Waals surface area contributed by atoms with E-state index in [2.05, 4.69) is 10.2 Å². The van der Waals surface area contributed by atoms with Crippen LogP contribution < -0.4 is 10.2 Å². The van der Waals surface area contributed by atoms with Crippen molar-refractivity contribution in [1.29, 1.82) is 5.41 Å². The summed E-state index contributed by atoms with van der Waals surface area (Å²) in [6.07, 6.45) is 1.37. The van der Waals surface area contributed by atoms with Gasteiger partial charge in [-0.1, -0.05) is 12.1 Å². The summed E-state index contributed by atoms with van der Waals surface area (Å²) < 4.78 is 0. The van der Waals surface area contributed by atoms with Gasteiger partial charge in [0.25, 0.3) is 11.8 Å². The number of piperazine rings is 1. The van der Waals surface area contributed by atoms with Crippen molar-refractivity contribution in [3.05, 3.63) is 41.5 Å². The molecule has 2 aromatic carbocycles. The van der Waals surface area contributed by atoms with Crippen molar-refractivity contribution in [2.75, 3.05) is 31.1 Å². The molecule has 6 heteroatoms. The maximum Gasteiger partial charge on any atom is 0.258 e. The van der Waals surface area contributed by atoms with Gasteiger partial charge in [0, 0.05) is 53.8 Å². The van der Waals surface area contributed by atoms with Gasteiger partial charge in [0.15, 0.2) is 0 Å². The van der Waals surface area contributed by atoms with E-state index < -0.39 is 0 Å². The molecule has 0 unspecified atom stereocenters. The first-order chi connectivity index (χ1) is 11.2. The van der Waals surface area contributed by atoms with Crippen LogP contribution in [0.3, 0.4) is 0 Å². The molecular formula is C17H16N4O2. The summed E-state index contributed by atoms with van der Waals surface area (Å²) in [5.74, 6) is -0.669. The zero-order chi connectivity index (χ0) is 16.0. The van der Waals surface area contributed by atoms with E-state index in [0.717, 1.165) is 42.6 Å². The Kier molecular flexibility index (Phi) is 3.04. The third-order valence-electron chi connectivity index (χ3n) is 4.57. The van der Waals surface area contributed by atoms with Crippen LogP contribution in [0.25, 0.3) is 10.8 Å². The second kappa shape index (κ2) is 5.08. The minimum Gasteiger partial charge on any atom is -0.367 e. The molecule has 0 atom stereocenters. The lowest BCUT2D eigenvalue weighted by Gasteiger charge is -2.36. The predicted molar refractivity (Wildman–Crippen MR) is 88.3 cm³/mol. The van der Waals surface area contributed by atoms with Crippen LogP contribution in [0.15, 0.2) is 30.3 Å². The molecule has 6 nitrogen and oxygen atoms in total. The molecule has 0 saturated carbocycles. The number of benzene rings is 2. The van der Waals surface area contributed by atoms with Crippen LogP contribution >= 0.6 is 0 Å². The van der Waals surface area contributed by atoms with Gasteiger partial charge >= 0.3 is 0 Å². The van der Waals surface area contributed by atoms with E-state index in [1.54, 1.807) is 12.1 Å². The van der Waals surface area contributed by atoms with Crippen molar-refractivity contribution in [3.63, 3.8) is 0 Å². The SMILES string of the molecule is N=CN1CCN(c2ccc3c4c(cccc24)C(=O)NC3=O)CC1. The number of hydrogen-bond donors (Lipinski definition) is 2. The number of imide groups is 1. The molecule has 2 amide bonds. The lowest BCUT2D eigenvalue weighted by molar-refractivity contribution is 0.0845. The highest BCUT2D eigenvalue weighted by Crippen LogP contribution is 2.34. The third kappa shape index (κ3) is 2.06. The molecule has 116 valence electrons. The molecule has 0 bridgehead atoms. The molecule has 0 spiro atoms. The van der Waals surface area contributed by atoms with E-state index in [0.29, 0.717) is 11.1 Å². The second-order valence-electron chi connectivity index (χ2n) is 5.80. The standard InChI is InChI=1S/C17H16N4O2/c18-10-20-6-8-21(9-7-20)14-5-4-13-15-11(14)2-1-3-12(15)16(22)19-17(13)23/h1-5,10,18H,6-9H2,(H,19,22,23). The first kappa shape index (κ1) is 13.8. The van der Waals surface area contributed by atoms with Crippen LogP contribution in [0.4, 0.5) is 5.69 Å². The fourth-order valence-corrected chi connectivity index (χ4v) is 3.38. The average Bonchev–Trinajstić information content (AvgIpc) is 2.59. The Morgan fingerprint density at radius 3 is 2.35 bits per heavy atom. The molecule has 1 saturated heterocycles. The van der Waals surface area contributed by atoms with Crippen LogP contribution in [-0.2, 0) is 0 Å². The fourth-order valence-electron chi connectivity index (χ4n) is 3.38. The highest BCUT2D eigenvalue weighted by molar-refractivity contribution is 6.26. The summed E-state index contributed by atoms with van der Waals surface area (Å²) in [4.78, 5) is 28.4. The summed E-state index contributed by atoms with van der Waals surface area (Å²) in [5.41, 5.74) is 2.15. The van der Waals surface area contributed by atoms with Gasteiger partial charge < -0.3 is 9.80 Å². The molecule has 2 heterocycles. The van der Waals surface area contributed by atoms with E-state index in [1.165, 1.54) is 6.34 Å². The maximum atomic E-state index is 12.1. The highest BCUT2D eigenvalue weighted by Gasteiger charge is 2.27. The molecule has 2 aromatic rings. The monoisotopic (exact) mass is 308 g/mol. The minimum atomic E-state index is -0.334. The van der Waals surface area contributed by atoms with E-state index in [1.807, 2.05) is 23.1 Å². The lowest BCUT2D eigenvalue weighted by atomic mass is 9.93. The van der Waals surface area contributed by atoms with Crippen LogP contribution in [-0.4, -0.2) is 49.2 Å². The Bertz CT molecular complexity index is 818. The zero-order valence-corrected chi connectivity index (χ0v) is 12.5. The zero-order valence-electron chi connectivity index (χ0n) is 12.5. The quantitative estimate of drug-likeness (QED) is 0.500. The molecule has 0 aromatic heterocycles. The number of hydrogen-bond acceptors (Lipinski definition) is 4. The Hall–Kier alpha value is -2.89. The van der Waals surface area contributed by atoms with Gasteiger partial charge in [-0.25, -0.2) is 0 Å². The number of anilines is 1. The Labute approximate surface area is 133 Å². The van der Waals surface area contributed by atoms with E-state index >= 15 is 0 Å². The molecule has 4 rings (SSSR count). The van der Waals surface area contributed by atoms with Crippen molar-refractivity contribution >= 4 is 34.6 Å². The summed E-state index contributed by atoms with van der Waals surface area (Å²) in [6, 6.07) is 9.33. The highest BCUT2D eigenvalue weighted by atomic mass is 16.2. The van der Waals surface area contributed by atoms with Crippen molar-refractivity contribution in [3.8, 4) is 0 Å². The largest absolute Gasteiger partial charge is 0.367 e. The first-order valence-electron chi connectivity index (χ1n) is 7.60. The third-order valence-corrected chi connectivity index (χ3v) is 4.57. The fraction of sp³-hybridized carbons (Fsp3) is 0.235. The van der Waals surface area contributed by atoms with Gasteiger partial charge in [0.05, 0.1) is 6.34 Å². The Balaban J connectivity index is 1.85.